The predicted molar refractivity (Wildman–Crippen MR) is 114 cm³/mol. The molecule has 0 saturated carbocycles. The van der Waals surface area contributed by atoms with Gasteiger partial charge in [0.05, 0.1) is 11.0 Å². The number of hydrogen-bond donors (Lipinski definition) is 2. The van der Waals surface area contributed by atoms with E-state index in [-0.39, 0.29) is 24.6 Å². The monoisotopic (exact) mass is 449 g/mol. The van der Waals surface area contributed by atoms with Crippen LogP contribution >= 0.6 is 0 Å². The van der Waals surface area contributed by atoms with E-state index in [9.17, 15) is 29.3 Å². The highest BCUT2D eigenvalue weighted by Gasteiger charge is 2.61. The third kappa shape index (κ3) is 3.12. The van der Waals surface area contributed by atoms with Crippen LogP contribution in [-0.2, 0) is 16.0 Å². The largest absolute Gasteiger partial charge is 0.363 e. The van der Waals surface area contributed by atoms with Crippen LogP contribution in [0.4, 0.5) is 16.2 Å². The van der Waals surface area contributed by atoms with Gasteiger partial charge < -0.3 is 9.80 Å². The number of nitrogens with one attached hydrogen (secondary N) is 2. The average Bonchev–Trinajstić information content (AvgIpc) is 2.81. The first-order chi connectivity index (χ1) is 15.8. The molecular weight excluding hydrogens is 430 g/mol. The first-order valence-electron chi connectivity index (χ1n) is 10.4. The summed E-state index contributed by atoms with van der Waals surface area (Å²) in [6, 6.07) is 11.3. The number of anilines is 1. The zero-order valence-electron chi connectivity index (χ0n) is 17.3. The van der Waals surface area contributed by atoms with Gasteiger partial charge in [-0.25, -0.2) is 4.79 Å². The van der Waals surface area contributed by atoms with E-state index in [4.69, 9.17) is 0 Å². The number of fused-ring (bicyclic) bond motifs is 4. The Labute approximate surface area is 187 Å². The maximum Gasteiger partial charge on any atom is 0.328 e. The number of amides is 5. The highest BCUT2D eigenvalue weighted by molar-refractivity contribution is 6.20. The van der Waals surface area contributed by atoms with Crippen molar-refractivity contribution in [1.29, 1.82) is 0 Å². The molecule has 0 aromatic heterocycles. The molecule has 2 N–H and O–H groups in total. The number of benzene rings is 2. The van der Waals surface area contributed by atoms with Gasteiger partial charge in [0.2, 0.25) is 11.8 Å². The fourth-order valence-corrected chi connectivity index (χ4v) is 4.99. The summed E-state index contributed by atoms with van der Waals surface area (Å²) in [7, 11) is 0. The van der Waals surface area contributed by atoms with E-state index in [1.807, 2.05) is 4.90 Å². The lowest BCUT2D eigenvalue weighted by Gasteiger charge is -2.54. The van der Waals surface area contributed by atoms with Crippen molar-refractivity contribution in [2.24, 2.45) is 5.41 Å². The van der Waals surface area contributed by atoms with Gasteiger partial charge in [0, 0.05) is 49.4 Å². The second kappa shape index (κ2) is 7.40. The first-order valence-corrected chi connectivity index (χ1v) is 10.4. The lowest BCUT2D eigenvalue weighted by molar-refractivity contribution is -0.384. The van der Waals surface area contributed by atoms with E-state index in [0.717, 1.165) is 0 Å². The SMILES string of the molecule is O=C1NC(=O)C2(Cc3cc([N+](=O)[O-])ccc3N3CCN(C(=O)c4ccccc4)C[C@@H]32)C(=O)N1. The minimum Gasteiger partial charge on any atom is -0.363 e. The summed E-state index contributed by atoms with van der Waals surface area (Å²) in [5.74, 6) is -1.79. The van der Waals surface area contributed by atoms with E-state index in [0.29, 0.717) is 29.9 Å². The zero-order valence-corrected chi connectivity index (χ0v) is 17.3. The third-order valence-corrected chi connectivity index (χ3v) is 6.57. The lowest BCUT2D eigenvalue weighted by atomic mass is 9.68. The summed E-state index contributed by atoms with van der Waals surface area (Å²) < 4.78 is 0. The molecule has 33 heavy (non-hydrogen) atoms. The van der Waals surface area contributed by atoms with Crippen molar-refractivity contribution >= 4 is 35.1 Å². The standard InChI is InChI=1S/C22H19N5O6/c28-18(13-4-2-1-3-5-13)25-8-9-26-16-7-6-15(27(32)33)10-14(16)11-22(17(26)12-25)19(29)23-21(31)24-20(22)30/h1-7,10,17H,8-9,11-12H2,(H2,23,24,29,30,31)/t17-/m1/s1. The van der Waals surface area contributed by atoms with E-state index >= 15 is 0 Å². The van der Waals surface area contributed by atoms with E-state index in [1.54, 1.807) is 41.3 Å². The van der Waals surface area contributed by atoms with Crippen molar-refractivity contribution in [3.05, 3.63) is 69.8 Å². The highest BCUT2D eigenvalue weighted by Crippen LogP contribution is 2.45. The first kappa shape index (κ1) is 20.6. The Bertz CT molecular complexity index is 1190. The summed E-state index contributed by atoms with van der Waals surface area (Å²) in [5.41, 5.74) is -0.276. The molecule has 5 amide bonds. The average molecular weight is 449 g/mol. The minimum absolute atomic E-state index is 0.0686. The van der Waals surface area contributed by atoms with Crippen molar-refractivity contribution < 1.29 is 24.1 Å². The summed E-state index contributed by atoms with van der Waals surface area (Å²) in [4.78, 5) is 65.4. The molecule has 3 aliphatic heterocycles. The second-order valence-electron chi connectivity index (χ2n) is 8.28. The highest BCUT2D eigenvalue weighted by atomic mass is 16.6. The van der Waals surface area contributed by atoms with Crippen molar-refractivity contribution in [2.45, 2.75) is 12.5 Å². The third-order valence-electron chi connectivity index (χ3n) is 6.57. The minimum atomic E-state index is -1.73. The van der Waals surface area contributed by atoms with Crippen molar-refractivity contribution in [2.75, 3.05) is 24.5 Å². The Hall–Kier alpha value is -4.28. The number of hydrogen-bond acceptors (Lipinski definition) is 7. The number of urea groups is 1. The Morgan fingerprint density at radius 1 is 1.03 bits per heavy atom. The molecule has 3 aliphatic rings. The number of rotatable bonds is 2. The number of barbiturate groups is 1. The molecule has 2 aromatic rings. The molecule has 168 valence electrons. The molecule has 11 nitrogen and oxygen atoms in total. The fraction of sp³-hybridized carbons (Fsp3) is 0.273. The smallest absolute Gasteiger partial charge is 0.328 e. The van der Waals surface area contributed by atoms with Crippen LogP contribution < -0.4 is 15.5 Å². The maximum absolute atomic E-state index is 13.2. The molecule has 0 radical (unpaired) electrons. The van der Waals surface area contributed by atoms with Gasteiger partial charge in [-0.15, -0.1) is 0 Å². The van der Waals surface area contributed by atoms with Gasteiger partial charge in [-0.2, -0.15) is 0 Å². The number of carbonyl (C=O) groups excluding carboxylic acids is 4. The number of non-ortho nitro benzene ring substituents is 1. The molecule has 2 fully saturated rings. The van der Waals surface area contributed by atoms with Crippen molar-refractivity contribution in [3.63, 3.8) is 0 Å². The summed E-state index contributed by atoms with van der Waals surface area (Å²) in [6.07, 6.45) is -0.135. The fourth-order valence-electron chi connectivity index (χ4n) is 4.99. The van der Waals surface area contributed by atoms with Gasteiger partial charge in [0.15, 0.2) is 5.41 Å². The Morgan fingerprint density at radius 2 is 1.73 bits per heavy atom. The number of carbonyl (C=O) groups is 4. The Balaban J connectivity index is 1.59. The van der Waals surface area contributed by atoms with Gasteiger partial charge in [0.1, 0.15) is 0 Å². The van der Waals surface area contributed by atoms with Crippen LogP contribution in [0.2, 0.25) is 0 Å². The van der Waals surface area contributed by atoms with Gasteiger partial charge >= 0.3 is 6.03 Å². The lowest BCUT2D eigenvalue weighted by Crippen LogP contribution is -2.75. The molecule has 3 heterocycles. The van der Waals surface area contributed by atoms with E-state index in [2.05, 4.69) is 10.6 Å². The molecule has 0 aliphatic carbocycles. The van der Waals surface area contributed by atoms with Gasteiger partial charge in [-0.1, -0.05) is 18.2 Å². The van der Waals surface area contributed by atoms with Crippen LogP contribution in [-0.4, -0.2) is 59.3 Å². The quantitative estimate of drug-likeness (QED) is 0.393. The van der Waals surface area contributed by atoms with Crippen LogP contribution in [0, 0.1) is 15.5 Å². The normalized spacial score (nSPS) is 21.1. The molecular formula is C22H19N5O6. The van der Waals surface area contributed by atoms with Gasteiger partial charge in [-0.05, 0) is 23.8 Å². The molecule has 2 saturated heterocycles. The van der Waals surface area contributed by atoms with Gasteiger partial charge in [0.25, 0.3) is 11.6 Å². The van der Waals surface area contributed by atoms with Crippen LogP contribution in [0.25, 0.3) is 0 Å². The summed E-state index contributed by atoms with van der Waals surface area (Å²) >= 11 is 0. The summed E-state index contributed by atoms with van der Waals surface area (Å²) in [6.45, 7) is 0.711. The maximum atomic E-state index is 13.2. The molecule has 5 rings (SSSR count). The number of piperazine rings is 1. The summed E-state index contributed by atoms with van der Waals surface area (Å²) in [5, 5.41) is 15.7. The van der Waals surface area contributed by atoms with Gasteiger partial charge in [-0.3, -0.25) is 35.1 Å². The van der Waals surface area contributed by atoms with E-state index < -0.39 is 34.2 Å². The number of nitro benzene ring substituents is 1. The molecule has 11 heteroatoms. The molecule has 2 aromatic carbocycles. The van der Waals surface area contributed by atoms with Crippen LogP contribution in [0.5, 0.6) is 0 Å². The number of imide groups is 2. The Kier molecular flexibility index (Phi) is 4.62. The molecule has 1 atom stereocenters. The topological polar surface area (TPSA) is 142 Å². The Morgan fingerprint density at radius 3 is 2.39 bits per heavy atom. The zero-order chi connectivity index (χ0) is 23.3. The van der Waals surface area contributed by atoms with Crippen LogP contribution in [0.3, 0.4) is 0 Å². The van der Waals surface area contributed by atoms with Crippen LogP contribution in [0.1, 0.15) is 15.9 Å². The number of nitro groups is 1. The second-order valence-corrected chi connectivity index (χ2v) is 8.28. The molecule has 1 spiro atoms. The van der Waals surface area contributed by atoms with Crippen molar-refractivity contribution in [1.82, 2.24) is 15.5 Å². The van der Waals surface area contributed by atoms with Crippen molar-refractivity contribution in [3.8, 4) is 0 Å². The predicted octanol–water partition coefficient (Wildman–Crippen LogP) is 0.834. The van der Waals surface area contributed by atoms with Crippen LogP contribution in [0.15, 0.2) is 48.5 Å². The number of nitrogens with zero attached hydrogens (tertiary/aromatic N) is 3. The van der Waals surface area contributed by atoms with E-state index in [1.165, 1.54) is 12.1 Å². The molecule has 0 bridgehead atoms. The molecule has 0 unspecified atom stereocenters.